The van der Waals surface area contributed by atoms with Gasteiger partial charge in [0.1, 0.15) is 6.54 Å². The van der Waals surface area contributed by atoms with Crippen LogP contribution in [0.15, 0.2) is 24.5 Å². The zero-order valence-electron chi connectivity index (χ0n) is 9.34. The highest BCUT2D eigenvalue weighted by atomic mass is 127. The molecule has 2 aromatic rings. The Kier molecular flexibility index (Phi) is 4.78. The number of hydrogen-bond donors (Lipinski definition) is 0. The summed E-state index contributed by atoms with van der Waals surface area (Å²) in [4.78, 5) is 1.58. The third kappa shape index (κ3) is 2.75. The number of tetrazole rings is 1. The minimum atomic E-state index is 0. The molecule has 0 atom stereocenters. The van der Waals surface area contributed by atoms with Crippen LogP contribution in [0.4, 0.5) is 0 Å². The normalized spacial score (nSPS) is 9.88. The van der Waals surface area contributed by atoms with E-state index >= 15 is 0 Å². The SMILES string of the molecule is CCn1nnc(-c2ccc[n+](CC)c2)n1.[I-]. The summed E-state index contributed by atoms with van der Waals surface area (Å²) in [5.74, 6) is 0.680. The molecule has 0 N–H and O–H groups in total. The number of pyridine rings is 1. The molecule has 0 aliphatic carbocycles. The standard InChI is InChI=1S/C10H14N5.HI/c1-3-14-7-5-6-9(8-14)10-11-13-15(4-2)12-10;/h5-8H,3-4H2,1-2H3;1H/q+1;/p-1. The van der Waals surface area contributed by atoms with Crippen molar-refractivity contribution < 1.29 is 28.5 Å². The number of hydrogen-bond acceptors (Lipinski definition) is 3. The number of aromatic nitrogens is 5. The lowest BCUT2D eigenvalue weighted by atomic mass is 10.3. The number of nitrogens with zero attached hydrogens (tertiary/aromatic N) is 5. The Morgan fingerprint density at radius 3 is 2.81 bits per heavy atom. The minimum Gasteiger partial charge on any atom is -1.00 e. The first-order valence-corrected chi connectivity index (χ1v) is 5.10. The average Bonchev–Trinajstić information content (AvgIpc) is 2.78. The molecule has 2 heterocycles. The smallest absolute Gasteiger partial charge is 0.210 e. The molecule has 0 saturated heterocycles. The van der Waals surface area contributed by atoms with Crippen LogP contribution in [0, 0.1) is 0 Å². The Hall–Kier alpha value is -1.05. The second-order valence-electron chi connectivity index (χ2n) is 3.22. The van der Waals surface area contributed by atoms with Crippen molar-refractivity contribution in [1.29, 1.82) is 0 Å². The third-order valence-corrected chi connectivity index (χ3v) is 2.22. The molecule has 0 unspecified atom stereocenters. The summed E-state index contributed by atoms with van der Waals surface area (Å²) in [6.07, 6.45) is 4.05. The van der Waals surface area contributed by atoms with Gasteiger partial charge in [0.25, 0.3) is 0 Å². The Morgan fingerprint density at radius 2 is 2.19 bits per heavy atom. The van der Waals surface area contributed by atoms with Crippen LogP contribution in [0.25, 0.3) is 11.4 Å². The van der Waals surface area contributed by atoms with Gasteiger partial charge >= 0.3 is 0 Å². The van der Waals surface area contributed by atoms with Crippen molar-refractivity contribution in [3.05, 3.63) is 24.5 Å². The summed E-state index contributed by atoms with van der Waals surface area (Å²) < 4.78 is 2.09. The maximum atomic E-state index is 4.26. The van der Waals surface area contributed by atoms with Gasteiger partial charge in [-0.3, -0.25) is 0 Å². The molecule has 0 radical (unpaired) electrons. The monoisotopic (exact) mass is 331 g/mol. The van der Waals surface area contributed by atoms with Crippen molar-refractivity contribution >= 4 is 0 Å². The second kappa shape index (κ2) is 5.88. The molecular formula is C10H14IN5. The van der Waals surface area contributed by atoms with Crippen LogP contribution in [0.5, 0.6) is 0 Å². The molecule has 0 aliphatic rings. The van der Waals surface area contributed by atoms with E-state index in [0.717, 1.165) is 18.7 Å². The van der Waals surface area contributed by atoms with E-state index in [9.17, 15) is 0 Å². The van der Waals surface area contributed by atoms with Gasteiger partial charge in [-0.25, -0.2) is 4.57 Å². The number of rotatable bonds is 3. The second-order valence-corrected chi connectivity index (χ2v) is 3.22. The van der Waals surface area contributed by atoms with E-state index in [-0.39, 0.29) is 24.0 Å². The maximum absolute atomic E-state index is 4.26. The van der Waals surface area contributed by atoms with E-state index in [1.165, 1.54) is 0 Å². The molecule has 16 heavy (non-hydrogen) atoms. The molecule has 0 saturated carbocycles. The highest BCUT2D eigenvalue weighted by Crippen LogP contribution is 2.09. The minimum absolute atomic E-state index is 0. The fourth-order valence-corrected chi connectivity index (χ4v) is 1.34. The van der Waals surface area contributed by atoms with E-state index in [1.54, 1.807) is 4.80 Å². The maximum Gasteiger partial charge on any atom is 0.210 e. The van der Waals surface area contributed by atoms with Gasteiger partial charge in [0.15, 0.2) is 12.4 Å². The van der Waals surface area contributed by atoms with E-state index in [2.05, 4.69) is 26.9 Å². The first-order valence-electron chi connectivity index (χ1n) is 5.10. The Labute approximate surface area is 112 Å². The zero-order valence-corrected chi connectivity index (χ0v) is 11.5. The topological polar surface area (TPSA) is 47.5 Å². The van der Waals surface area contributed by atoms with E-state index in [0.29, 0.717) is 5.82 Å². The summed E-state index contributed by atoms with van der Waals surface area (Å²) in [5.41, 5.74) is 0.999. The molecule has 0 fully saturated rings. The Morgan fingerprint density at radius 1 is 1.38 bits per heavy atom. The third-order valence-electron chi connectivity index (χ3n) is 2.22. The lowest BCUT2D eigenvalue weighted by Gasteiger charge is -1.93. The van der Waals surface area contributed by atoms with Gasteiger partial charge in [0, 0.05) is 6.07 Å². The van der Waals surface area contributed by atoms with E-state index < -0.39 is 0 Å². The Balaban J connectivity index is 0.00000128. The van der Waals surface area contributed by atoms with Gasteiger partial charge in [0.2, 0.25) is 5.82 Å². The summed E-state index contributed by atoms with van der Waals surface area (Å²) in [6.45, 7) is 5.77. The molecule has 0 spiro atoms. The molecule has 86 valence electrons. The van der Waals surface area contributed by atoms with Crippen LogP contribution in [-0.4, -0.2) is 20.2 Å². The fourth-order valence-electron chi connectivity index (χ4n) is 1.34. The van der Waals surface area contributed by atoms with Crippen molar-refractivity contribution in [1.82, 2.24) is 20.2 Å². The van der Waals surface area contributed by atoms with Crippen molar-refractivity contribution in [2.45, 2.75) is 26.9 Å². The van der Waals surface area contributed by atoms with Crippen molar-refractivity contribution in [2.24, 2.45) is 0 Å². The summed E-state index contributed by atoms with van der Waals surface area (Å²) >= 11 is 0. The molecule has 2 aromatic heterocycles. The van der Waals surface area contributed by atoms with Gasteiger partial charge in [-0.05, 0) is 25.1 Å². The van der Waals surface area contributed by atoms with Crippen LogP contribution < -0.4 is 28.5 Å². The summed E-state index contributed by atoms with van der Waals surface area (Å²) in [6, 6.07) is 3.98. The fraction of sp³-hybridized carbons (Fsp3) is 0.400. The highest BCUT2D eigenvalue weighted by molar-refractivity contribution is 5.50. The molecule has 0 aliphatic heterocycles. The number of aryl methyl sites for hydroxylation is 2. The van der Waals surface area contributed by atoms with Crippen molar-refractivity contribution in [3.63, 3.8) is 0 Å². The predicted molar refractivity (Wildman–Crippen MR) is 54.8 cm³/mol. The molecule has 0 aromatic carbocycles. The predicted octanol–water partition coefficient (Wildman–Crippen LogP) is -2.33. The van der Waals surface area contributed by atoms with Crippen LogP contribution in [-0.2, 0) is 13.1 Å². The average molecular weight is 331 g/mol. The quantitative estimate of drug-likeness (QED) is 0.468. The van der Waals surface area contributed by atoms with Gasteiger partial charge in [0.05, 0.1) is 12.1 Å². The van der Waals surface area contributed by atoms with E-state index in [4.69, 9.17) is 0 Å². The lowest BCUT2D eigenvalue weighted by Crippen LogP contribution is -3.00. The number of halogens is 1. The zero-order chi connectivity index (χ0) is 10.7. The molecule has 6 heteroatoms. The summed E-state index contributed by atoms with van der Waals surface area (Å²) in [5, 5.41) is 12.2. The molecular weight excluding hydrogens is 317 g/mol. The van der Waals surface area contributed by atoms with Crippen LogP contribution in [0.3, 0.4) is 0 Å². The van der Waals surface area contributed by atoms with Gasteiger partial charge in [-0.15, -0.1) is 10.2 Å². The van der Waals surface area contributed by atoms with Crippen molar-refractivity contribution in [2.75, 3.05) is 0 Å². The molecule has 2 rings (SSSR count). The van der Waals surface area contributed by atoms with Crippen molar-refractivity contribution in [3.8, 4) is 11.4 Å². The van der Waals surface area contributed by atoms with Crippen LogP contribution >= 0.6 is 0 Å². The first kappa shape index (κ1) is 13.0. The Bertz CT molecular complexity index is 454. The summed E-state index contributed by atoms with van der Waals surface area (Å²) in [7, 11) is 0. The highest BCUT2D eigenvalue weighted by Gasteiger charge is 2.08. The van der Waals surface area contributed by atoms with Crippen LogP contribution in [0.2, 0.25) is 0 Å². The van der Waals surface area contributed by atoms with E-state index in [1.807, 2.05) is 31.5 Å². The first-order chi connectivity index (χ1) is 7.33. The van der Waals surface area contributed by atoms with Crippen LogP contribution in [0.1, 0.15) is 13.8 Å². The molecule has 5 nitrogen and oxygen atoms in total. The lowest BCUT2D eigenvalue weighted by molar-refractivity contribution is -0.693. The molecule has 0 bridgehead atoms. The van der Waals surface area contributed by atoms with Gasteiger partial charge < -0.3 is 24.0 Å². The van der Waals surface area contributed by atoms with Gasteiger partial charge in [-0.2, -0.15) is 4.80 Å². The largest absolute Gasteiger partial charge is 1.00 e. The van der Waals surface area contributed by atoms with Gasteiger partial charge in [-0.1, -0.05) is 0 Å². The molecule has 0 amide bonds.